The van der Waals surface area contributed by atoms with Crippen molar-refractivity contribution in [1.82, 2.24) is 4.90 Å². The molecule has 24 heavy (non-hydrogen) atoms. The van der Waals surface area contributed by atoms with E-state index in [4.69, 9.17) is 0 Å². The van der Waals surface area contributed by atoms with Gasteiger partial charge in [0, 0.05) is 45.2 Å². The van der Waals surface area contributed by atoms with Crippen LogP contribution in [0.5, 0.6) is 0 Å². The third-order valence-electron chi connectivity index (χ3n) is 4.14. The lowest BCUT2D eigenvalue weighted by Crippen LogP contribution is -2.32. The predicted octanol–water partition coefficient (Wildman–Crippen LogP) is 4.69. The minimum atomic E-state index is 0.206. The molecule has 0 rings (SSSR count). The molecule has 0 saturated carbocycles. The van der Waals surface area contributed by atoms with Crippen LogP contribution < -0.4 is 0 Å². The summed E-state index contributed by atoms with van der Waals surface area (Å²) in [6, 6.07) is 0. The molecule has 0 aliphatic carbocycles. The lowest BCUT2D eigenvalue weighted by Gasteiger charge is -2.22. The van der Waals surface area contributed by atoms with Crippen LogP contribution in [0, 0.1) is 0 Å². The van der Waals surface area contributed by atoms with Crippen LogP contribution in [-0.4, -0.2) is 35.5 Å². The fourth-order valence-corrected chi connectivity index (χ4v) is 2.79. The molecule has 0 radical (unpaired) electrons. The SMILES string of the molecule is CCCC(=O)CCCCN(CCCCC(=O)CCC)C(=O)CCC. The Bertz CT molecular complexity index is 340. The van der Waals surface area contributed by atoms with Crippen LogP contribution in [-0.2, 0) is 14.4 Å². The van der Waals surface area contributed by atoms with Gasteiger partial charge in [0.25, 0.3) is 0 Å². The standard InChI is InChI=1S/C20H37NO3/c1-4-11-18(22)14-7-9-16-21(20(24)13-6-3)17-10-8-15-19(23)12-5-2/h4-17H2,1-3H3. The van der Waals surface area contributed by atoms with Crippen molar-refractivity contribution in [2.75, 3.05) is 13.1 Å². The fraction of sp³-hybridized carbons (Fsp3) is 0.850. The van der Waals surface area contributed by atoms with Gasteiger partial charge in [-0.3, -0.25) is 14.4 Å². The molecule has 140 valence electrons. The van der Waals surface area contributed by atoms with Crippen molar-refractivity contribution >= 4 is 17.5 Å². The zero-order chi connectivity index (χ0) is 18.2. The van der Waals surface area contributed by atoms with Crippen molar-refractivity contribution in [3.63, 3.8) is 0 Å². The van der Waals surface area contributed by atoms with Gasteiger partial charge >= 0.3 is 0 Å². The van der Waals surface area contributed by atoms with Crippen LogP contribution in [0.3, 0.4) is 0 Å². The van der Waals surface area contributed by atoms with Crippen molar-refractivity contribution in [2.24, 2.45) is 0 Å². The maximum Gasteiger partial charge on any atom is 0.222 e. The van der Waals surface area contributed by atoms with Gasteiger partial charge in [-0.1, -0.05) is 20.8 Å². The fourth-order valence-electron chi connectivity index (χ4n) is 2.79. The Kier molecular flexibility index (Phi) is 14.6. The molecule has 4 nitrogen and oxygen atoms in total. The summed E-state index contributed by atoms with van der Waals surface area (Å²) in [6.45, 7) is 7.54. The molecule has 0 unspecified atom stereocenters. The van der Waals surface area contributed by atoms with Crippen molar-refractivity contribution in [3.05, 3.63) is 0 Å². The number of amides is 1. The van der Waals surface area contributed by atoms with E-state index in [1.54, 1.807) is 0 Å². The smallest absolute Gasteiger partial charge is 0.222 e. The lowest BCUT2D eigenvalue weighted by molar-refractivity contribution is -0.131. The number of ketones is 2. The predicted molar refractivity (Wildman–Crippen MR) is 99.0 cm³/mol. The van der Waals surface area contributed by atoms with E-state index >= 15 is 0 Å². The number of nitrogens with zero attached hydrogens (tertiary/aromatic N) is 1. The number of Topliss-reactive ketones (excluding diaryl/α,β-unsaturated/α-hetero) is 2. The van der Waals surface area contributed by atoms with Gasteiger partial charge in [-0.05, 0) is 44.9 Å². The summed E-state index contributed by atoms with van der Waals surface area (Å²) >= 11 is 0. The minimum absolute atomic E-state index is 0.206. The topological polar surface area (TPSA) is 54.5 Å². The third kappa shape index (κ3) is 12.3. The second-order valence-corrected chi connectivity index (χ2v) is 6.62. The summed E-state index contributed by atoms with van der Waals surface area (Å²) in [6.07, 6.45) is 9.39. The first-order chi connectivity index (χ1) is 11.5. The Hall–Kier alpha value is -1.19. The number of hydrogen-bond donors (Lipinski definition) is 0. The average Bonchev–Trinajstić information content (AvgIpc) is 2.54. The van der Waals surface area contributed by atoms with Crippen LogP contribution in [0.25, 0.3) is 0 Å². The van der Waals surface area contributed by atoms with E-state index in [-0.39, 0.29) is 5.91 Å². The molecule has 0 aliphatic rings. The van der Waals surface area contributed by atoms with Gasteiger partial charge in [-0.25, -0.2) is 0 Å². The molecule has 0 fully saturated rings. The summed E-state index contributed by atoms with van der Waals surface area (Å²) < 4.78 is 0. The highest BCUT2D eigenvalue weighted by Crippen LogP contribution is 2.08. The van der Waals surface area contributed by atoms with Gasteiger partial charge in [0.1, 0.15) is 11.6 Å². The van der Waals surface area contributed by atoms with Gasteiger partial charge in [0.2, 0.25) is 5.91 Å². The molecule has 0 aliphatic heterocycles. The Morgan fingerprint density at radius 3 is 1.38 bits per heavy atom. The molecular formula is C20H37NO3. The van der Waals surface area contributed by atoms with E-state index < -0.39 is 0 Å². The maximum atomic E-state index is 12.2. The molecule has 4 heteroatoms. The number of carbonyl (C=O) groups excluding carboxylic acids is 3. The number of carbonyl (C=O) groups is 3. The van der Waals surface area contributed by atoms with Gasteiger partial charge < -0.3 is 4.90 Å². The van der Waals surface area contributed by atoms with E-state index in [0.29, 0.717) is 43.7 Å². The second-order valence-electron chi connectivity index (χ2n) is 6.62. The quantitative estimate of drug-likeness (QED) is 0.383. The average molecular weight is 340 g/mol. The number of rotatable bonds is 16. The molecule has 0 aromatic heterocycles. The Morgan fingerprint density at radius 1 is 0.583 bits per heavy atom. The highest BCUT2D eigenvalue weighted by atomic mass is 16.2. The van der Waals surface area contributed by atoms with Gasteiger partial charge in [-0.15, -0.1) is 0 Å². The zero-order valence-electron chi connectivity index (χ0n) is 16.1. The first-order valence-corrected chi connectivity index (χ1v) is 9.86. The van der Waals surface area contributed by atoms with E-state index in [0.717, 1.165) is 58.0 Å². The largest absolute Gasteiger partial charge is 0.343 e. The van der Waals surface area contributed by atoms with Crippen LogP contribution in [0.4, 0.5) is 0 Å². The molecule has 0 heterocycles. The van der Waals surface area contributed by atoms with E-state index in [9.17, 15) is 14.4 Å². The van der Waals surface area contributed by atoms with Crippen molar-refractivity contribution < 1.29 is 14.4 Å². The molecule has 0 saturated heterocycles. The maximum absolute atomic E-state index is 12.2. The van der Waals surface area contributed by atoms with E-state index in [1.165, 1.54) is 0 Å². The van der Waals surface area contributed by atoms with Crippen LogP contribution in [0.2, 0.25) is 0 Å². The Balaban J connectivity index is 4.08. The molecule has 0 N–H and O–H groups in total. The van der Waals surface area contributed by atoms with Crippen molar-refractivity contribution in [3.8, 4) is 0 Å². The minimum Gasteiger partial charge on any atom is -0.343 e. The third-order valence-corrected chi connectivity index (χ3v) is 4.14. The molecule has 0 aromatic rings. The second kappa shape index (κ2) is 15.3. The summed E-state index contributed by atoms with van der Waals surface area (Å²) in [5, 5.41) is 0. The summed E-state index contributed by atoms with van der Waals surface area (Å²) in [7, 11) is 0. The molecule has 0 aromatic carbocycles. The lowest BCUT2D eigenvalue weighted by atomic mass is 10.1. The molecule has 0 spiro atoms. The first-order valence-electron chi connectivity index (χ1n) is 9.86. The highest BCUT2D eigenvalue weighted by Gasteiger charge is 2.12. The van der Waals surface area contributed by atoms with Crippen molar-refractivity contribution in [1.29, 1.82) is 0 Å². The van der Waals surface area contributed by atoms with Gasteiger partial charge in [0.15, 0.2) is 0 Å². The Morgan fingerprint density at radius 2 is 1.00 bits per heavy atom. The molecule has 1 amide bonds. The van der Waals surface area contributed by atoms with Crippen LogP contribution in [0.1, 0.15) is 97.8 Å². The van der Waals surface area contributed by atoms with E-state index in [2.05, 4.69) is 0 Å². The molecule has 0 atom stereocenters. The first kappa shape index (κ1) is 22.8. The van der Waals surface area contributed by atoms with Crippen LogP contribution >= 0.6 is 0 Å². The van der Waals surface area contributed by atoms with Gasteiger partial charge in [-0.2, -0.15) is 0 Å². The van der Waals surface area contributed by atoms with E-state index in [1.807, 2.05) is 25.7 Å². The Labute approximate surface area is 148 Å². The summed E-state index contributed by atoms with van der Waals surface area (Å²) in [4.78, 5) is 37.2. The van der Waals surface area contributed by atoms with Gasteiger partial charge in [0.05, 0.1) is 0 Å². The zero-order valence-corrected chi connectivity index (χ0v) is 16.1. The number of hydrogen-bond acceptors (Lipinski definition) is 3. The molecule has 0 bridgehead atoms. The monoisotopic (exact) mass is 339 g/mol. The molecular weight excluding hydrogens is 302 g/mol. The normalized spacial score (nSPS) is 10.6. The van der Waals surface area contributed by atoms with Crippen molar-refractivity contribution in [2.45, 2.75) is 97.8 Å². The summed E-state index contributed by atoms with van der Waals surface area (Å²) in [5.41, 5.74) is 0. The summed E-state index contributed by atoms with van der Waals surface area (Å²) in [5.74, 6) is 0.869. The highest BCUT2D eigenvalue weighted by molar-refractivity contribution is 5.78. The number of unbranched alkanes of at least 4 members (excludes halogenated alkanes) is 2. The van der Waals surface area contributed by atoms with Crippen LogP contribution in [0.15, 0.2) is 0 Å².